The molecule has 2 aliphatic heterocycles. The summed E-state index contributed by atoms with van der Waals surface area (Å²) >= 11 is 6.31. The van der Waals surface area contributed by atoms with Crippen molar-refractivity contribution in [2.45, 2.75) is 51.5 Å². The number of carbonyl (C=O) groups is 1. The van der Waals surface area contributed by atoms with Gasteiger partial charge >= 0.3 is 0 Å². The molecule has 1 aromatic carbocycles. The lowest BCUT2D eigenvalue weighted by Crippen LogP contribution is -2.40. The van der Waals surface area contributed by atoms with Crippen molar-refractivity contribution < 1.29 is 4.79 Å². The zero-order chi connectivity index (χ0) is 16.9. The van der Waals surface area contributed by atoms with Crippen molar-refractivity contribution in [3.63, 3.8) is 0 Å². The quantitative estimate of drug-likeness (QED) is 0.875. The average Bonchev–Trinajstić information content (AvgIpc) is 3.06. The van der Waals surface area contributed by atoms with Crippen LogP contribution in [0.25, 0.3) is 0 Å². The van der Waals surface area contributed by atoms with E-state index in [9.17, 15) is 4.79 Å². The van der Waals surface area contributed by atoms with Gasteiger partial charge < -0.3 is 10.2 Å². The predicted octanol–water partition coefficient (Wildman–Crippen LogP) is 3.90. The standard InChI is InChI=1S/C20H29ClN2O/c1-15(17-7-4-10-22-14-17)12-20(24)23-11-5-8-18(23)13-16-6-2-3-9-19(16)21/h2-3,6,9,15,17-18,22H,4-5,7-8,10-14H2,1H3. The second-order valence-corrected chi connectivity index (χ2v) is 7.87. The summed E-state index contributed by atoms with van der Waals surface area (Å²) in [6, 6.07) is 8.33. The molecule has 2 heterocycles. The minimum absolute atomic E-state index is 0.314. The third-order valence-corrected chi connectivity index (χ3v) is 6.12. The van der Waals surface area contributed by atoms with Crippen molar-refractivity contribution in [1.82, 2.24) is 10.2 Å². The van der Waals surface area contributed by atoms with Gasteiger partial charge in [0.25, 0.3) is 0 Å². The highest BCUT2D eigenvalue weighted by Crippen LogP contribution is 2.28. The van der Waals surface area contributed by atoms with Crippen LogP contribution in [0.2, 0.25) is 5.02 Å². The fourth-order valence-electron chi connectivity index (χ4n) is 4.22. The van der Waals surface area contributed by atoms with Gasteiger partial charge in [-0.1, -0.05) is 36.7 Å². The number of halogens is 1. The van der Waals surface area contributed by atoms with Gasteiger partial charge in [-0.3, -0.25) is 4.79 Å². The van der Waals surface area contributed by atoms with Crippen molar-refractivity contribution >= 4 is 17.5 Å². The van der Waals surface area contributed by atoms with E-state index in [0.29, 0.717) is 30.2 Å². The van der Waals surface area contributed by atoms with Gasteiger partial charge in [0.05, 0.1) is 0 Å². The maximum absolute atomic E-state index is 12.9. The zero-order valence-corrected chi connectivity index (χ0v) is 15.4. The smallest absolute Gasteiger partial charge is 0.223 e. The Morgan fingerprint density at radius 3 is 2.92 bits per heavy atom. The van der Waals surface area contributed by atoms with Crippen LogP contribution in [0.15, 0.2) is 24.3 Å². The molecule has 24 heavy (non-hydrogen) atoms. The number of hydrogen-bond acceptors (Lipinski definition) is 2. The molecule has 0 saturated carbocycles. The predicted molar refractivity (Wildman–Crippen MR) is 99.3 cm³/mol. The van der Waals surface area contributed by atoms with Crippen LogP contribution in [0, 0.1) is 11.8 Å². The Hall–Kier alpha value is -1.06. The number of piperidine rings is 1. The average molecular weight is 349 g/mol. The van der Waals surface area contributed by atoms with Gasteiger partial charge in [-0.2, -0.15) is 0 Å². The molecule has 132 valence electrons. The van der Waals surface area contributed by atoms with Gasteiger partial charge in [0.15, 0.2) is 0 Å². The Morgan fingerprint density at radius 1 is 1.33 bits per heavy atom. The van der Waals surface area contributed by atoms with Crippen LogP contribution in [0.5, 0.6) is 0 Å². The second kappa shape index (κ2) is 8.35. The topological polar surface area (TPSA) is 32.3 Å². The van der Waals surface area contributed by atoms with Crippen LogP contribution >= 0.6 is 11.6 Å². The summed E-state index contributed by atoms with van der Waals surface area (Å²) in [5, 5.41) is 4.28. The largest absolute Gasteiger partial charge is 0.339 e. The molecule has 3 atom stereocenters. The highest BCUT2D eigenvalue weighted by atomic mass is 35.5. The summed E-state index contributed by atoms with van der Waals surface area (Å²) in [7, 11) is 0. The van der Waals surface area contributed by atoms with E-state index in [0.717, 1.165) is 49.5 Å². The molecule has 0 spiro atoms. The van der Waals surface area contributed by atoms with E-state index in [1.165, 1.54) is 12.8 Å². The summed E-state index contributed by atoms with van der Waals surface area (Å²) in [6.45, 7) is 5.35. The normalized spacial score (nSPS) is 25.7. The van der Waals surface area contributed by atoms with Crippen molar-refractivity contribution in [3.05, 3.63) is 34.9 Å². The number of nitrogens with one attached hydrogen (secondary N) is 1. The summed E-state index contributed by atoms with van der Waals surface area (Å²) in [6.07, 6.45) is 6.26. The summed E-state index contributed by atoms with van der Waals surface area (Å²) in [4.78, 5) is 15.0. The highest BCUT2D eigenvalue weighted by molar-refractivity contribution is 6.31. The number of benzene rings is 1. The maximum atomic E-state index is 12.9. The Kier molecular flexibility index (Phi) is 6.18. The Bertz CT molecular complexity index is 556. The Labute approximate surface area is 150 Å². The van der Waals surface area contributed by atoms with E-state index in [-0.39, 0.29) is 0 Å². The third-order valence-electron chi connectivity index (χ3n) is 5.75. The fraction of sp³-hybridized carbons (Fsp3) is 0.650. The van der Waals surface area contributed by atoms with E-state index < -0.39 is 0 Å². The van der Waals surface area contributed by atoms with Gasteiger partial charge in [0, 0.05) is 24.0 Å². The number of hydrogen-bond donors (Lipinski definition) is 1. The van der Waals surface area contributed by atoms with Gasteiger partial charge in [-0.05, 0) is 68.7 Å². The monoisotopic (exact) mass is 348 g/mol. The van der Waals surface area contributed by atoms with E-state index >= 15 is 0 Å². The van der Waals surface area contributed by atoms with E-state index in [2.05, 4.69) is 23.2 Å². The summed E-state index contributed by atoms with van der Waals surface area (Å²) in [5.41, 5.74) is 1.16. The first-order chi connectivity index (χ1) is 11.6. The van der Waals surface area contributed by atoms with Crippen molar-refractivity contribution in [2.75, 3.05) is 19.6 Å². The first-order valence-electron chi connectivity index (χ1n) is 9.38. The van der Waals surface area contributed by atoms with Crippen LogP contribution in [0.4, 0.5) is 0 Å². The lowest BCUT2D eigenvalue weighted by atomic mass is 9.85. The number of carbonyl (C=O) groups excluding carboxylic acids is 1. The van der Waals surface area contributed by atoms with E-state index in [4.69, 9.17) is 11.6 Å². The lowest BCUT2D eigenvalue weighted by molar-refractivity contribution is -0.133. The highest BCUT2D eigenvalue weighted by Gasteiger charge is 2.31. The van der Waals surface area contributed by atoms with Gasteiger partial charge in [0.1, 0.15) is 0 Å². The molecule has 1 amide bonds. The Morgan fingerprint density at radius 2 is 2.17 bits per heavy atom. The molecule has 0 radical (unpaired) electrons. The Balaban J connectivity index is 1.58. The number of rotatable bonds is 5. The molecular weight excluding hydrogens is 320 g/mol. The van der Waals surface area contributed by atoms with Crippen LogP contribution in [-0.4, -0.2) is 36.5 Å². The molecule has 2 fully saturated rings. The molecule has 1 aromatic rings. The number of likely N-dealkylation sites (tertiary alicyclic amines) is 1. The molecule has 0 bridgehead atoms. The molecule has 3 unspecified atom stereocenters. The van der Waals surface area contributed by atoms with Gasteiger partial charge in [-0.25, -0.2) is 0 Å². The molecule has 3 rings (SSSR count). The zero-order valence-electron chi connectivity index (χ0n) is 14.6. The number of amides is 1. The SMILES string of the molecule is CC(CC(=O)N1CCCC1Cc1ccccc1Cl)C1CCCNC1. The van der Waals surface area contributed by atoms with Crippen LogP contribution in [0.3, 0.4) is 0 Å². The van der Waals surface area contributed by atoms with Crippen molar-refractivity contribution in [1.29, 1.82) is 0 Å². The van der Waals surface area contributed by atoms with Crippen LogP contribution < -0.4 is 5.32 Å². The van der Waals surface area contributed by atoms with Crippen molar-refractivity contribution in [3.8, 4) is 0 Å². The minimum Gasteiger partial charge on any atom is -0.339 e. The molecule has 2 saturated heterocycles. The lowest BCUT2D eigenvalue weighted by Gasteiger charge is -2.31. The minimum atomic E-state index is 0.314. The molecule has 2 aliphatic rings. The fourth-order valence-corrected chi connectivity index (χ4v) is 4.43. The second-order valence-electron chi connectivity index (χ2n) is 7.47. The first-order valence-corrected chi connectivity index (χ1v) is 9.76. The third kappa shape index (κ3) is 4.31. The summed E-state index contributed by atoms with van der Waals surface area (Å²) < 4.78 is 0. The van der Waals surface area contributed by atoms with Crippen molar-refractivity contribution in [2.24, 2.45) is 11.8 Å². The van der Waals surface area contributed by atoms with E-state index in [1.807, 2.05) is 18.2 Å². The first kappa shape index (κ1) is 17.8. The van der Waals surface area contributed by atoms with Crippen LogP contribution in [0.1, 0.15) is 44.6 Å². The van der Waals surface area contributed by atoms with Gasteiger partial charge in [-0.15, -0.1) is 0 Å². The van der Waals surface area contributed by atoms with E-state index in [1.54, 1.807) is 0 Å². The van der Waals surface area contributed by atoms with Gasteiger partial charge in [0.2, 0.25) is 5.91 Å². The van der Waals surface area contributed by atoms with Crippen LogP contribution in [-0.2, 0) is 11.2 Å². The maximum Gasteiger partial charge on any atom is 0.223 e. The molecule has 4 heteroatoms. The molecule has 0 aromatic heterocycles. The number of nitrogens with zero attached hydrogens (tertiary/aromatic N) is 1. The molecule has 0 aliphatic carbocycles. The molecular formula is C20H29ClN2O. The molecule has 3 nitrogen and oxygen atoms in total. The molecule has 1 N–H and O–H groups in total. The summed E-state index contributed by atoms with van der Waals surface area (Å²) in [5.74, 6) is 1.45.